The molecule has 6 heteroatoms. The Hall–Kier alpha value is -4.71. The lowest BCUT2D eigenvalue weighted by molar-refractivity contribution is -0.132. The molecule has 0 radical (unpaired) electrons. The lowest BCUT2D eigenvalue weighted by Gasteiger charge is -2.25. The van der Waals surface area contributed by atoms with Crippen molar-refractivity contribution < 1.29 is 24.2 Å². The third-order valence-corrected chi connectivity index (χ3v) is 6.29. The van der Waals surface area contributed by atoms with Crippen LogP contribution in [-0.4, -0.2) is 28.9 Å². The van der Waals surface area contributed by atoms with E-state index in [0.29, 0.717) is 16.8 Å². The van der Waals surface area contributed by atoms with Gasteiger partial charge in [0, 0.05) is 11.3 Å². The molecule has 184 valence electrons. The van der Waals surface area contributed by atoms with Crippen molar-refractivity contribution in [3.05, 3.63) is 119 Å². The summed E-state index contributed by atoms with van der Waals surface area (Å²) in [6.07, 6.45) is -0.309. The van der Waals surface area contributed by atoms with Crippen LogP contribution in [0.3, 0.4) is 0 Å². The Kier molecular flexibility index (Phi) is 6.32. The van der Waals surface area contributed by atoms with Gasteiger partial charge in [0.25, 0.3) is 11.7 Å². The second kappa shape index (κ2) is 9.74. The second-order valence-corrected chi connectivity index (χ2v) is 9.15. The van der Waals surface area contributed by atoms with Crippen LogP contribution >= 0.6 is 0 Å². The number of benzene rings is 4. The molecule has 0 saturated carbocycles. The van der Waals surface area contributed by atoms with E-state index in [9.17, 15) is 19.5 Å². The van der Waals surface area contributed by atoms with Gasteiger partial charge in [0.1, 0.15) is 5.76 Å². The van der Waals surface area contributed by atoms with Crippen molar-refractivity contribution in [3.63, 3.8) is 0 Å². The number of amides is 1. The van der Waals surface area contributed by atoms with E-state index in [4.69, 9.17) is 4.74 Å². The number of nitrogens with zero attached hydrogens (tertiary/aromatic N) is 1. The number of fused-ring (bicyclic) bond motifs is 1. The van der Waals surface area contributed by atoms with Crippen molar-refractivity contribution in [3.8, 4) is 0 Å². The van der Waals surface area contributed by atoms with E-state index in [1.54, 1.807) is 56.3 Å². The van der Waals surface area contributed by atoms with E-state index in [1.165, 1.54) is 11.0 Å². The Balaban J connectivity index is 1.66. The van der Waals surface area contributed by atoms with Gasteiger partial charge in [-0.25, -0.2) is 4.79 Å². The number of anilines is 1. The van der Waals surface area contributed by atoms with Crippen molar-refractivity contribution in [2.75, 3.05) is 4.90 Å². The molecule has 1 aliphatic heterocycles. The van der Waals surface area contributed by atoms with Crippen LogP contribution in [0.25, 0.3) is 16.5 Å². The minimum Gasteiger partial charge on any atom is -0.507 e. The quantitative estimate of drug-likeness (QED) is 0.159. The summed E-state index contributed by atoms with van der Waals surface area (Å²) >= 11 is 0. The molecule has 1 unspecified atom stereocenters. The molecular formula is C31H25NO5. The van der Waals surface area contributed by atoms with Gasteiger partial charge in [-0.05, 0) is 54.4 Å². The number of carbonyl (C=O) groups excluding carboxylic acids is 3. The Labute approximate surface area is 214 Å². The van der Waals surface area contributed by atoms with Gasteiger partial charge in [-0.3, -0.25) is 14.5 Å². The number of carbonyl (C=O) groups is 3. The van der Waals surface area contributed by atoms with Crippen molar-refractivity contribution in [2.24, 2.45) is 0 Å². The number of hydrogen-bond acceptors (Lipinski definition) is 5. The average molecular weight is 492 g/mol. The van der Waals surface area contributed by atoms with Crippen LogP contribution in [0.5, 0.6) is 0 Å². The molecule has 0 bridgehead atoms. The summed E-state index contributed by atoms with van der Waals surface area (Å²) in [5.41, 5.74) is 1.69. The summed E-state index contributed by atoms with van der Waals surface area (Å²) in [7, 11) is 0. The number of hydrogen-bond donors (Lipinski definition) is 1. The molecule has 5 rings (SSSR count). The van der Waals surface area contributed by atoms with Crippen molar-refractivity contribution >= 4 is 39.9 Å². The molecule has 0 spiro atoms. The molecule has 37 heavy (non-hydrogen) atoms. The van der Waals surface area contributed by atoms with Gasteiger partial charge in [-0.15, -0.1) is 0 Å². The van der Waals surface area contributed by atoms with Crippen LogP contribution in [0.1, 0.15) is 41.4 Å². The van der Waals surface area contributed by atoms with Gasteiger partial charge in [-0.1, -0.05) is 72.8 Å². The van der Waals surface area contributed by atoms with Gasteiger partial charge in [-0.2, -0.15) is 0 Å². The van der Waals surface area contributed by atoms with Crippen LogP contribution in [-0.2, 0) is 14.3 Å². The van der Waals surface area contributed by atoms with Gasteiger partial charge in [0.2, 0.25) is 0 Å². The highest BCUT2D eigenvalue weighted by Crippen LogP contribution is 2.42. The Bertz CT molecular complexity index is 1550. The number of rotatable bonds is 5. The molecule has 1 amide bonds. The van der Waals surface area contributed by atoms with Crippen LogP contribution in [0.4, 0.5) is 5.69 Å². The molecule has 1 heterocycles. The maximum Gasteiger partial charge on any atom is 0.338 e. The zero-order chi connectivity index (χ0) is 26.1. The fourth-order valence-corrected chi connectivity index (χ4v) is 4.61. The highest BCUT2D eigenvalue weighted by atomic mass is 16.5. The topological polar surface area (TPSA) is 83.9 Å². The number of aliphatic hydroxyl groups excluding tert-OH is 1. The first-order valence-electron chi connectivity index (χ1n) is 12.0. The molecule has 4 aromatic carbocycles. The Morgan fingerprint density at radius 2 is 1.51 bits per heavy atom. The zero-order valence-electron chi connectivity index (χ0n) is 20.4. The number of aliphatic hydroxyl groups is 1. The first-order chi connectivity index (χ1) is 17.8. The van der Waals surface area contributed by atoms with E-state index >= 15 is 0 Å². The first-order valence-corrected chi connectivity index (χ1v) is 12.0. The average Bonchev–Trinajstić information content (AvgIpc) is 3.18. The molecule has 1 fully saturated rings. The number of Topliss-reactive ketones (excluding diaryl/α,β-unsaturated/α-hetero) is 1. The van der Waals surface area contributed by atoms with E-state index in [-0.39, 0.29) is 23.0 Å². The smallest absolute Gasteiger partial charge is 0.338 e. The second-order valence-electron chi connectivity index (χ2n) is 9.15. The standard InChI is InChI=1S/C31H25NO5/c1-19(2)37-31(36)24-13-8-14-25(18-24)32-27(21-10-4-3-5-11-21)26(29(34)30(32)35)28(33)23-16-15-20-9-6-7-12-22(20)17-23/h3-19,27,33H,1-2H3/b28-26-. The number of esters is 1. The van der Waals surface area contributed by atoms with E-state index in [1.807, 2.05) is 48.5 Å². The Morgan fingerprint density at radius 3 is 2.24 bits per heavy atom. The van der Waals surface area contributed by atoms with Gasteiger partial charge < -0.3 is 9.84 Å². The van der Waals surface area contributed by atoms with Gasteiger partial charge >= 0.3 is 5.97 Å². The Morgan fingerprint density at radius 1 is 0.811 bits per heavy atom. The zero-order valence-corrected chi connectivity index (χ0v) is 20.4. The molecule has 6 nitrogen and oxygen atoms in total. The highest BCUT2D eigenvalue weighted by Gasteiger charge is 2.47. The molecule has 0 aliphatic carbocycles. The highest BCUT2D eigenvalue weighted by molar-refractivity contribution is 6.51. The largest absolute Gasteiger partial charge is 0.507 e. The minimum absolute atomic E-state index is 0.0124. The lowest BCUT2D eigenvalue weighted by atomic mass is 9.94. The SMILES string of the molecule is CC(C)OC(=O)c1cccc(N2C(=O)C(=O)/C(=C(\O)c3ccc4ccccc4c3)C2c2ccccc2)c1. The molecule has 0 aromatic heterocycles. The fourth-order valence-electron chi connectivity index (χ4n) is 4.61. The predicted molar refractivity (Wildman–Crippen MR) is 142 cm³/mol. The monoisotopic (exact) mass is 491 g/mol. The van der Waals surface area contributed by atoms with E-state index in [2.05, 4.69) is 0 Å². The fraction of sp³-hybridized carbons (Fsp3) is 0.129. The molecule has 1 aliphatic rings. The molecular weight excluding hydrogens is 466 g/mol. The minimum atomic E-state index is -0.885. The summed E-state index contributed by atoms with van der Waals surface area (Å²) in [6.45, 7) is 3.50. The van der Waals surface area contributed by atoms with Gasteiger partial charge in [0.05, 0.1) is 23.3 Å². The summed E-state index contributed by atoms with van der Waals surface area (Å²) in [5.74, 6) is -2.36. The summed E-state index contributed by atoms with van der Waals surface area (Å²) < 4.78 is 5.31. The van der Waals surface area contributed by atoms with Crippen molar-refractivity contribution in [1.29, 1.82) is 0 Å². The first kappa shape index (κ1) is 24.0. The van der Waals surface area contributed by atoms with Crippen molar-refractivity contribution in [1.82, 2.24) is 0 Å². The number of ether oxygens (including phenoxy) is 1. The summed E-state index contributed by atoms with van der Waals surface area (Å²) in [6, 6.07) is 27.7. The van der Waals surface area contributed by atoms with Crippen molar-refractivity contribution in [2.45, 2.75) is 26.0 Å². The van der Waals surface area contributed by atoms with Crippen LogP contribution in [0.15, 0.2) is 103 Å². The van der Waals surface area contributed by atoms with E-state index < -0.39 is 23.7 Å². The maximum atomic E-state index is 13.4. The van der Waals surface area contributed by atoms with Crippen LogP contribution in [0.2, 0.25) is 0 Å². The van der Waals surface area contributed by atoms with Gasteiger partial charge in [0.15, 0.2) is 0 Å². The molecule has 4 aromatic rings. The summed E-state index contributed by atoms with van der Waals surface area (Å²) in [5, 5.41) is 13.3. The van der Waals surface area contributed by atoms with Crippen LogP contribution in [0, 0.1) is 0 Å². The molecule has 1 N–H and O–H groups in total. The number of ketones is 1. The molecule has 1 saturated heterocycles. The third-order valence-electron chi connectivity index (χ3n) is 6.29. The third kappa shape index (κ3) is 4.49. The molecule has 1 atom stereocenters. The maximum absolute atomic E-state index is 13.4. The lowest BCUT2D eigenvalue weighted by Crippen LogP contribution is -2.29. The summed E-state index contributed by atoms with van der Waals surface area (Å²) in [4.78, 5) is 40.7. The normalized spacial score (nSPS) is 16.9. The van der Waals surface area contributed by atoms with Crippen LogP contribution < -0.4 is 4.90 Å². The predicted octanol–water partition coefficient (Wildman–Crippen LogP) is 6.03. The van der Waals surface area contributed by atoms with E-state index in [0.717, 1.165) is 10.8 Å².